The average Bonchev–Trinajstić information content (AvgIpc) is 3.05. The van der Waals surface area contributed by atoms with Gasteiger partial charge in [-0.2, -0.15) is 0 Å². The van der Waals surface area contributed by atoms with Crippen molar-refractivity contribution >= 4 is 58.5 Å². The number of aryl methyl sites for hydroxylation is 1. The quantitative estimate of drug-likeness (QED) is 0.114. The van der Waals surface area contributed by atoms with Gasteiger partial charge in [0, 0.05) is 27.2 Å². The largest absolute Gasteiger partial charge is 0.495 e. The van der Waals surface area contributed by atoms with Crippen LogP contribution in [-0.4, -0.2) is 44.8 Å². The Bertz CT molecular complexity index is 1730. The minimum absolute atomic E-state index is 0.0145. The molecule has 4 aromatic rings. The molecular weight excluding hydrogens is 614 g/mol. The Morgan fingerprint density at radius 2 is 1.53 bits per heavy atom. The van der Waals surface area contributed by atoms with Crippen LogP contribution in [0.25, 0.3) is 6.08 Å². The van der Waals surface area contributed by atoms with Crippen molar-refractivity contribution in [2.75, 3.05) is 37.7 Å². The molecule has 9 nitrogen and oxygen atoms in total. The molecule has 0 aromatic heterocycles. The highest BCUT2D eigenvalue weighted by Gasteiger charge is 2.17. The molecule has 0 atom stereocenters. The Kier molecular flexibility index (Phi) is 11.5. The van der Waals surface area contributed by atoms with Gasteiger partial charge in [-0.15, -0.1) is 11.8 Å². The van der Waals surface area contributed by atoms with Crippen LogP contribution < -0.4 is 30.2 Å². The van der Waals surface area contributed by atoms with Crippen LogP contribution in [0.1, 0.15) is 21.5 Å². The maximum Gasteiger partial charge on any atom is 0.272 e. The molecule has 4 rings (SSSR count). The maximum absolute atomic E-state index is 13.5. The standard InChI is InChI=1S/C34H32ClN3O6S/c1-21-15-27(30(43-3)19-26(21)35)37-32(39)20-45-25-12-8-11-24(18-25)36-34(41)28(38-33(40)23-9-6-5-7-10-23)16-22-13-14-29(42-2)31(17-22)44-4/h5-19H,20H2,1-4H3,(H,36,41)(H,37,39)(H,38,40)/b28-16+. The van der Waals surface area contributed by atoms with Gasteiger partial charge in [0.05, 0.1) is 32.8 Å². The number of hydrogen-bond donors (Lipinski definition) is 3. The van der Waals surface area contributed by atoms with Crippen LogP contribution in [0.2, 0.25) is 5.02 Å². The fourth-order valence-electron chi connectivity index (χ4n) is 4.18. The van der Waals surface area contributed by atoms with Crippen molar-refractivity contribution in [1.82, 2.24) is 5.32 Å². The molecule has 0 aliphatic heterocycles. The van der Waals surface area contributed by atoms with E-state index in [4.69, 9.17) is 25.8 Å². The second-order valence-corrected chi connectivity index (χ2v) is 11.1. The number of rotatable bonds is 12. The van der Waals surface area contributed by atoms with E-state index in [-0.39, 0.29) is 17.4 Å². The predicted octanol–water partition coefficient (Wildman–Crippen LogP) is 6.81. The Labute approximate surface area is 270 Å². The summed E-state index contributed by atoms with van der Waals surface area (Å²) in [6, 6.07) is 24.2. The topological polar surface area (TPSA) is 115 Å². The van der Waals surface area contributed by atoms with Gasteiger partial charge in [0.15, 0.2) is 11.5 Å². The van der Waals surface area contributed by atoms with E-state index in [2.05, 4.69) is 16.0 Å². The minimum atomic E-state index is -0.542. The van der Waals surface area contributed by atoms with Crippen molar-refractivity contribution in [1.29, 1.82) is 0 Å². The van der Waals surface area contributed by atoms with Gasteiger partial charge in [-0.1, -0.05) is 41.9 Å². The third kappa shape index (κ3) is 9.04. The van der Waals surface area contributed by atoms with Crippen LogP contribution in [0.15, 0.2) is 95.5 Å². The molecule has 232 valence electrons. The number of nitrogens with one attached hydrogen (secondary N) is 3. The lowest BCUT2D eigenvalue weighted by atomic mass is 10.1. The molecule has 45 heavy (non-hydrogen) atoms. The van der Waals surface area contributed by atoms with Crippen molar-refractivity contribution in [3.8, 4) is 17.2 Å². The molecule has 0 heterocycles. The zero-order valence-electron chi connectivity index (χ0n) is 25.1. The number of carbonyl (C=O) groups is 3. The third-order valence-electron chi connectivity index (χ3n) is 6.46. The number of methoxy groups -OCH3 is 3. The van der Waals surface area contributed by atoms with Gasteiger partial charge in [0.2, 0.25) is 5.91 Å². The molecule has 0 radical (unpaired) electrons. The number of amides is 3. The fraction of sp³-hybridized carbons (Fsp3) is 0.147. The number of anilines is 2. The molecule has 3 amide bonds. The number of benzene rings is 4. The van der Waals surface area contributed by atoms with Crippen LogP contribution in [0, 0.1) is 6.92 Å². The molecular formula is C34H32ClN3O6S. The molecule has 0 aliphatic carbocycles. The lowest BCUT2D eigenvalue weighted by molar-refractivity contribution is -0.114. The zero-order chi connectivity index (χ0) is 32.3. The first-order chi connectivity index (χ1) is 21.7. The first-order valence-corrected chi connectivity index (χ1v) is 15.1. The first-order valence-electron chi connectivity index (χ1n) is 13.7. The van der Waals surface area contributed by atoms with E-state index >= 15 is 0 Å². The molecule has 0 fully saturated rings. The Morgan fingerprint density at radius 3 is 2.24 bits per heavy atom. The molecule has 11 heteroatoms. The van der Waals surface area contributed by atoms with E-state index in [1.54, 1.807) is 84.9 Å². The summed E-state index contributed by atoms with van der Waals surface area (Å²) in [6.45, 7) is 1.84. The van der Waals surface area contributed by atoms with Gasteiger partial charge < -0.3 is 30.2 Å². The van der Waals surface area contributed by atoms with E-state index in [9.17, 15) is 14.4 Å². The van der Waals surface area contributed by atoms with Crippen molar-refractivity contribution < 1.29 is 28.6 Å². The highest BCUT2D eigenvalue weighted by molar-refractivity contribution is 8.00. The van der Waals surface area contributed by atoms with Crippen LogP contribution >= 0.6 is 23.4 Å². The van der Waals surface area contributed by atoms with E-state index in [0.29, 0.717) is 44.8 Å². The Balaban J connectivity index is 1.49. The van der Waals surface area contributed by atoms with E-state index in [1.165, 1.54) is 33.1 Å². The van der Waals surface area contributed by atoms with Crippen molar-refractivity contribution in [2.45, 2.75) is 11.8 Å². The van der Waals surface area contributed by atoms with Crippen molar-refractivity contribution in [2.24, 2.45) is 0 Å². The average molecular weight is 646 g/mol. The summed E-state index contributed by atoms with van der Waals surface area (Å²) < 4.78 is 16.0. The summed E-state index contributed by atoms with van der Waals surface area (Å²) in [6.07, 6.45) is 1.55. The minimum Gasteiger partial charge on any atom is -0.495 e. The van der Waals surface area contributed by atoms with Crippen LogP contribution in [0.4, 0.5) is 11.4 Å². The van der Waals surface area contributed by atoms with E-state index < -0.39 is 11.8 Å². The van der Waals surface area contributed by atoms with Crippen LogP contribution in [0.3, 0.4) is 0 Å². The number of carbonyl (C=O) groups excluding carboxylic acids is 3. The van der Waals surface area contributed by atoms with Gasteiger partial charge in [-0.05, 0) is 72.7 Å². The van der Waals surface area contributed by atoms with Crippen molar-refractivity contribution in [3.63, 3.8) is 0 Å². The highest BCUT2D eigenvalue weighted by Crippen LogP contribution is 2.32. The van der Waals surface area contributed by atoms with Gasteiger partial charge in [0.25, 0.3) is 11.8 Å². The van der Waals surface area contributed by atoms with Crippen molar-refractivity contribution in [3.05, 3.63) is 112 Å². The van der Waals surface area contributed by atoms with Crippen LogP contribution in [-0.2, 0) is 9.59 Å². The highest BCUT2D eigenvalue weighted by atomic mass is 35.5. The van der Waals surface area contributed by atoms with Gasteiger partial charge in [-0.25, -0.2) is 0 Å². The summed E-state index contributed by atoms with van der Waals surface area (Å²) in [5.74, 6) is 0.348. The van der Waals surface area contributed by atoms with Gasteiger partial charge in [0.1, 0.15) is 11.4 Å². The Morgan fingerprint density at radius 1 is 0.800 bits per heavy atom. The summed E-state index contributed by atoms with van der Waals surface area (Å²) in [7, 11) is 4.55. The van der Waals surface area contributed by atoms with E-state index in [1.807, 2.05) is 13.0 Å². The van der Waals surface area contributed by atoms with E-state index in [0.717, 1.165) is 10.5 Å². The molecule has 0 saturated heterocycles. The monoisotopic (exact) mass is 645 g/mol. The molecule has 0 bridgehead atoms. The van der Waals surface area contributed by atoms with Gasteiger partial charge >= 0.3 is 0 Å². The fourth-order valence-corrected chi connectivity index (χ4v) is 5.09. The maximum atomic E-state index is 13.5. The normalized spacial score (nSPS) is 10.9. The SMILES string of the molecule is COc1cc(Cl)c(C)cc1NC(=O)CSc1cccc(NC(=O)/C(=C\c2ccc(OC)c(OC)c2)NC(=O)c2ccccc2)c1. The van der Waals surface area contributed by atoms with Gasteiger partial charge in [-0.3, -0.25) is 14.4 Å². The second-order valence-electron chi connectivity index (χ2n) is 9.61. The summed E-state index contributed by atoms with van der Waals surface area (Å²) in [5, 5.41) is 8.96. The second kappa shape index (κ2) is 15.7. The number of thioether (sulfide) groups is 1. The zero-order valence-corrected chi connectivity index (χ0v) is 26.7. The van der Waals surface area contributed by atoms with Crippen LogP contribution in [0.5, 0.6) is 17.2 Å². The molecule has 4 aromatic carbocycles. The molecule has 0 unspecified atom stereocenters. The lowest BCUT2D eigenvalue weighted by Crippen LogP contribution is -2.30. The summed E-state index contributed by atoms with van der Waals surface area (Å²) >= 11 is 7.46. The molecule has 0 spiro atoms. The first kappa shape index (κ1) is 33.0. The molecule has 0 saturated carbocycles. The lowest BCUT2D eigenvalue weighted by Gasteiger charge is -2.13. The smallest absolute Gasteiger partial charge is 0.272 e. The molecule has 3 N–H and O–H groups in total. The summed E-state index contributed by atoms with van der Waals surface area (Å²) in [4.78, 5) is 40.0. The summed E-state index contributed by atoms with van der Waals surface area (Å²) in [5.41, 5.74) is 2.83. The number of ether oxygens (including phenoxy) is 3. The Hall–Kier alpha value is -4.93. The third-order valence-corrected chi connectivity index (χ3v) is 7.87. The molecule has 0 aliphatic rings. The predicted molar refractivity (Wildman–Crippen MR) is 179 cm³/mol. The number of hydrogen-bond acceptors (Lipinski definition) is 7. The number of halogens is 1.